The number of hydrogen-bond donors (Lipinski definition) is 1. The molecule has 1 aromatic carbocycles. The third-order valence-electron chi connectivity index (χ3n) is 2.80. The summed E-state index contributed by atoms with van der Waals surface area (Å²) in [6, 6.07) is 4.83. The number of hydrogen-bond acceptors (Lipinski definition) is 6. The molecule has 0 spiro atoms. The summed E-state index contributed by atoms with van der Waals surface area (Å²) in [7, 11) is -3.57. The zero-order valence-electron chi connectivity index (χ0n) is 11.3. The van der Waals surface area contributed by atoms with E-state index in [2.05, 4.69) is 4.98 Å². The molecule has 6 nitrogen and oxygen atoms in total. The summed E-state index contributed by atoms with van der Waals surface area (Å²) in [5.74, 6) is -0.140. The van der Waals surface area contributed by atoms with E-state index in [1.807, 2.05) is 6.92 Å². The summed E-state index contributed by atoms with van der Waals surface area (Å²) in [6.07, 6.45) is 1.93. The normalized spacial score (nSPS) is 12.1. The van der Waals surface area contributed by atoms with Gasteiger partial charge in [-0.05, 0) is 18.6 Å². The summed E-state index contributed by atoms with van der Waals surface area (Å²) in [6.45, 7) is 2.75. The van der Waals surface area contributed by atoms with Gasteiger partial charge in [-0.2, -0.15) is 4.98 Å². The van der Waals surface area contributed by atoms with Crippen molar-refractivity contribution in [3.63, 3.8) is 0 Å². The van der Waals surface area contributed by atoms with Crippen LogP contribution in [-0.2, 0) is 14.6 Å². The van der Waals surface area contributed by atoms with E-state index in [-0.39, 0.29) is 17.6 Å². The van der Waals surface area contributed by atoms with Crippen molar-refractivity contribution in [2.75, 3.05) is 24.7 Å². The number of sulfone groups is 1. The van der Waals surface area contributed by atoms with Crippen molar-refractivity contribution in [3.8, 4) is 0 Å². The molecule has 2 aromatic rings. The average molecular weight is 298 g/mol. The van der Waals surface area contributed by atoms with Gasteiger partial charge in [-0.3, -0.25) is 0 Å². The average Bonchev–Trinajstić information content (AvgIpc) is 2.82. The maximum absolute atomic E-state index is 12.1. The van der Waals surface area contributed by atoms with Gasteiger partial charge in [0.05, 0.1) is 12.4 Å². The van der Waals surface area contributed by atoms with Crippen LogP contribution in [0.15, 0.2) is 27.8 Å². The Bertz CT molecular complexity index is 679. The van der Waals surface area contributed by atoms with Gasteiger partial charge >= 0.3 is 5.22 Å². The molecule has 1 heterocycles. The van der Waals surface area contributed by atoms with Crippen molar-refractivity contribution in [2.45, 2.75) is 25.0 Å². The number of nitrogens with zero attached hydrogens (tertiary/aromatic N) is 1. The molecule has 2 rings (SSSR count). The Hall–Kier alpha value is -1.60. The Morgan fingerprint density at radius 2 is 2.15 bits per heavy atom. The van der Waals surface area contributed by atoms with Crippen LogP contribution in [0.4, 0.5) is 5.69 Å². The van der Waals surface area contributed by atoms with Crippen LogP contribution >= 0.6 is 0 Å². The van der Waals surface area contributed by atoms with Crippen LogP contribution in [0, 0.1) is 0 Å². The molecule has 0 aliphatic heterocycles. The van der Waals surface area contributed by atoms with E-state index < -0.39 is 9.84 Å². The van der Waals surface area contributed by atoms with Gasteiger partial charge < -0.3 is 14.9 Å². The first-order chi connectivity index (χ1) is 9.53. The molecule has 0 saturated carbocycles. The summed E-state index contributed by atoms with van der Waals surface area (Å²) >= 11 is 0. The highest BCUT2D eigenvalue weighted by molar-refractivity contribution is 7.91. The smallest absolute Gasteiger partial charge is 0.316 e. The maximum atomic E-state index is 12.1. The fourth-order valence-electron chi connectivity index (χ4n) is 1.66. The van der Waals surface area contributed by atoms with Gasteiger partial charge in [0, 0.05) is 18.4 Å². The number of nitrogen functional groups attached to an aromatic ring is 1. The van der Waals surface area contributed by atoms with E-state index in [9.17, 15) is 8.42 Å². The Labute approximate surface area is 117 Å². The van der Waals surface area contributed by atoms with Gasteiger partial charge in [-0.1, -0.05) is 13.3 Å². The van der Waals surface area contributed by atoms with Crippen LogP contribution in [0.1, 0.15) is 19.8 Å². The number of oxazole rings is 1. The van der Waals surface area contributed by atoms with Crippen molar-refractivity contribution >= 4 is 26.6 Å². The van der Waals surface area contributed by atoms with Crippen LogP contribution in [0.5, 0.6) is 0 Å². The van der Waals surface area contributed by atoms with E-state index in [0.29, 0.717) is 23.4 Å². The lowest BCUT2D eigenvalue weighted by Crippen LogP contribution is -2.13. The number of aromatic nitrogens is 1. The molecule has 0 aliphatic rings. The topological polar surface area (TPSA) is 95.4 Å². The van der Waals surface area contributed by atoms with Crippen LogP contribution in [0.25, 0.3) is 11.1 Å². The van der Waals surface area contributed by atoms with E-state index in [0.717, 1.165) is 12.8 Å². The number of rotatable bonds is 7. The number of fused-ring (bicyclic) bond motifs is 1. The molecular formula is C13H18N2O4S. The lowest BCUT2D eigenvalue weighted by Gasteiger charge is -2.02. The number of nitrogens with two attached hydrogens (primary N) is 1. The van der Waals surface area contributed by atoms with Crippen LogP contribution in [0.2, 0.25) is 0 Å². The third kappa shape index (κ3) is 3.49. The predicted molar refractivity (Wildman–Crippen MR) is 76.2 cm³/mol. The van der Waals surface area contributed by atoms with E-state index in [1.165, 1.54) is 0 Å². The number of ether oxygens (including phenoxy) is 1. The highest BCUT2D eigenvalue weighted by atomic mass is 32.2. The standard InChI is InChI=1S/C13H18N2O4S/c1-2-3-6-18-7-8-20(16,17)13-15-11-5-4-10(14)9-12(11)19-13/h4-5,9H,2-3,6-8,14H2,1H3. The summed E-state index contributed by atoms with van der Waals surface area (Å²) in [4.78, 5) is 3.97. The van der Waals surface area contributed by atoms with Gasteiger partial charge in [-0.15, -0.1) is 0 Å². The quantitative estimate of drug-likeness (QED) is 0.620. The summed E-state index contributed by atoms with van der Waals surface area (Å²) in [5.41, 5.74) is 6.96. The molecule has 0 fully saturated rings. The lowest BCUT2D eigenvalue weighted by atomic mass is 10.3. The zero-order chi connectivity index (χ0) is 14.6. The van der Waals surface area contributed by atoms with Gasteiger partial charge in [0.1, 0.15) is 5.52 Å². The van der Waals surface area contributed by atoms with E-state index in [4.69, 9.17) is 14.9 Å². The minimum Gasteiger partial charge on any atom is -0.428 e. The molecule has 1 aromatic heterocycles. The minimum atomic E-state index is -3.57. The van der Waals surface area contributed by atoms with Gasteiger partial charge in [0.2, 0.25) is 9.84 Å². The van der Waals surface area contributed by atoms with E-state index in [1.54, 1.807) is 18.2 Å². The highest BCUT2D eigenvalue weighted by Crippen LogP contribution is 2.21. The van der Waals surface area contributed by atoms with Crippen molar-refractivity contribution < 1.29 is 17.6 Å². The molecule has 20 heavy (non-hydrogen) atoms. The molecule has 0 saturated heterocycles. The zero-order valence-corrected chi connectivity index (χ0v) is 12.1. The second kappa shape index (κ2) is 6.23. The Morgan fingerprint density at radius 1 is 1.35 bits per heavy atom. The molecule has 0 atom stereocenters. The lowest BCUT2D eigenvalue weighted by molar-refractivity contribution is 0.145. The largest absolute Gasteiger partial charge is 0.428 e. The summed E-state index contributed by atoms with van der Waals surface area (Å²) < 4.78 is 34.6. The predicted octanol–water partition coefficient (Wildman–Crippen LogP) is 2.00. The maximum Gasteiger partial charge on any atom is 0.316 e. The van der Waals surface area contributed by atoms with Crippen molar-refractivity contribution in [3.05, 3.63) is 18.2 Å². The van der Waals surface area contributed by atoms with E-state index >= 15 is 0 Å². The van der Waals surface area contributed by atoms with Gasteiger partial charge in [-0.25, -0.2) is 8.42 Å². The molecule has 0 radical (unpaired) electrons. The monoisotopic (exact) mass is 298 g/mol. The second-order valence-corrected chi connectivity index (χ2v) is 6.48. The molecule has 0 unspecified atom stereocenters. The number of benzene rings is 1. The molecule has 0 amide bonds. The first-order valence-corrected chi connectivity index (χ1v) is 8.15. The second-order valence-electron chi connectivity index (χ2n) is 4.49. The molecular weight excluding hydrogens is 280 g/mol. The molecule has 0 bridgehead atoms. The number of unbranched alkanes of at least 4 members (excludes halogenated alkanes) is 1. The van der Waals surface area contributed by atoms with Crippen molar-refractivity contribution in [1.29, 1.82) is 0 Å². The molecule has 0 aliphatic carbocycles. The first kappa shape index (κ1) is 14.8. The fraction of sp³-hybridized carbons (Fsp3) is 0.462. The molecule has 7 heteroatoms. The van der Waals surface area contributed by atoms with Gasteiger partial charge in [0.25, 0.3) is 0 Å². The fourth-order valence-corrected chi connectivity index (χ4v) is 2.62. The third-order valence-corrected chi connectivity index (χ3v) is 4.21. The SMILES string of the molecule is CCCCOCCS(=O)(=O)c1nc2ccc(N)cc2o1. The summed E-state index contributed by atoms with van der Waals surface area (Å²) in [5, 5.41) is -0.280. The Balaban J connectivity index is 2.07. The Morgan fingerprint density at radius 3 is 2.90 bits per heavy atom. The van der Waals surface area contributed by atoms with Crippen LogP contribution in [0.3, 0.4) is 0 Å². The van der Waals surface area contributed by atoms with Crippen molar-refractivity contribution in [2.24, 2.45) is 0 Å². The van der Waals surface area contributed by atoms with Gasteiger partial charge in [0.15, 0.2) is 5.58 Å². The Kier molecular flexibility index (Phi) is 4.61. The number of anilines is 1. The first-order valence-electron chi connectivity index (χ1n) is 6.49. The minimum absolute atomic E-state index is 0.140. The van der Waals surface area contributed by atoms with Crippen LogP contribution in [-0.4, -0.2) is 32.4 Å². The molecule has 2 N–H and O–H groups in total. The highest BCUT2D eigenvalue weighted by Gasteiger charge is 2.21. The van der Waals surface area contributed by atoms with Crippen LogP contribution < -0.4 is 5.73 Å². The van der Waals surface area contributed by atoms with Crippen molar-refractivity contribution in [1.82, 2.24) is 4.98 Å². The molecule has 110 valence electrons.